The Morgan fingerprint density at radius 1 is 1.00 bits per heavy atom. The summed E-state index contributed by atoms with van der Waals surface area (Å²) in [4.78, 5) is 34.7. The number of carbonyl (C=O) groups excluding carboxylic acids is 3. The van der Waals surface area contributed by atoms with Crippen molar-refractivity contribution in [3.05, 3.63) is 35.4 Å². The standard InChI is InChI=1S/C14H16O5/c1-3-7-12(15)19-14(17)11-9-6-5-8-10(11)13(16)18-4-2/h5-6,8-9H,3-4,7H2,1-2H3. The van der Waals surface area contributed by atoms with Crippen molar-refractivity contribution in [3.63, 3.8) is 0 Å². The third-order valence-electron chi connectivity index (χ3n) is 2.30. The Morgan fingerprint density at radius 3 is 2.11 bits per heavy atom. The van der Waals surface area contributed by atoms with Crippen LogP contribution < -0.4 is 0 Å². The highest BCUT2D eigenvalue weighted by molar-refractivity contribution is 6.05. The van der Waals surface area contributed by atoms with Gasteiger partial charge in [0.2, 0.25) is 0 Å². The van der Waals surface area contributed by atoms with Crippen LogP contribution in [0.5, 0.6) is 0 Å². The summed E-state index contributed by atoms with van der Waals surface area (Å²) in [5, 5.41) is 0. The van der Waals surface area contributed by atoms with E-state index in [0.717, 1.165) is 0 Å². The molecule has 0 aromatic heterocycles. The molecule has 102 valence electrons. The Hall–Kier alpha value is -2.17. The van der Waals surface area contributed by atoms with E-state index in [0.29, 0.717) is 6.42 Å². The van der Waals surface area contributed by atoms with Crippen LogP contribution in [0.2, 0.25) is 0 Å². The monoisotopic (exact) mass is 264 g/mol. The van der Waals surface area contributed by atoms with Crippen molar-refractivity contribution in [2.75, 3.05) is 6.61 Å². The topological polar surface area (TPSA) is 69.7 Å². The quantitative estimate of drug-likeness (QED) is 0.603. The molecule has 0 aliphatic heterocycles. The molecule has 0 heterocycles. The number of esters is 3. The zero-order valence-corrected chi connectivity index (χ0v) is 11.0. The molecule has 1 aromatic carbocycles. The molecule has 5 nitrogen and oxygen atoms in total. The predicted octanol–water partition coefficient (Wildman–Crippen LogP) is 2.35. The largest absolute Gasteiger partial charge is 0.462 e. The second-order valence-corrected chi connectivity index (χ2v) is 3.78. The van der Waals surface area contributed by atoms with Gasteiger partial charge in [-0.05, 0) is 25.5 Å². The lowest BCUT2D eigenvalue weighted by Gasteiger charge is -2.07. The first-order valence-electron chi connectivity index (χ1n) is 6.11. The van der Waals surface area contributed by atoms with Crippen LogP contribution in [0.4, 0.5) is 0 Å². The first-order valence-corrected chi connectivity index (χ1v) is 6.11. The molecule has 0 aliphatic rings. The maximum Gasteiger partial charge on any atom is 0.346 e. The van der Waals surface area contributed by atoms with Crippen LogP contribution in [-0.4, -0.2) is 24.5 Å². The zero-order valence-electron chi connectivity index (χ0n) is 11.0. The van der Waals surface area contributed by atoms with E-state index < -0.39 is 17.9 Å². The van der Waals surface area contributed by atoms with Gasteiger partial charge in [-0.2, -0.15) is 0 Å². The Bertz CT molecular complexity index is 478. The zero-order chi connectivity index (χ0) is 14.3. The summed E-state index contributed by atoms with van der Waals surface area (Å²) in [5.74, 6) is -2.05. The molecule has 19 heavy (non-hydrogen) atoms. The van der Waals surface area contributed by atoms with E-state index in [1.807, 2.05) is 0 Å². The van der Waals surface area contributed by atoms with Crippen molar-refractivity contribution >= 4 is 17.9 Å². The van der Waals surface area contributed by atoms with Gasteiger partial charge in [-0.3, -0.25) is 4.79 Å². The minimum Gasteiger partial charge on any atom is -0.462 e. The maximum absolute atomic E-state index is 11.8. The average Bonchev–Trinajstić information content (AvgIpc) is 2.39. The lowest BCUT2D eigenvalue weighted by Crippen LogP contribution is -2.17. The van der Waals surface area contributed by atoms with Crippen LogP contribution in [0.3, 0.4) is 0 Å². The predicted molar refractivity (Wildman–Crippen MR) is 67.7 cm³/mol. The fourth-order valence-corrected chi connectivity index (χ4v) is 1.46. The molecule has 0 amide bonds. The normalized spacial score (nSPS) is 9.79. The number of rotatable bonds is 5. The highest BCUT2D eigenvalue weighted by Crippen LogP contribution is 2.12. The molecule has 0 N–H and O–H groups in total. The SMILES string of the molecule is CCCC(=O)OC(=O)c1ccccc1C(=O)OCC. The smallest absolute Gasteiger partial charge is 0.346 e. The molecule has 0 saturated heterocycles. The molecular formula is C14H16O5. The fraction of sp³-hybridized carbons (Fsp3) is 0.357. The minimum atomic E-state index is -0.831. The molecule has 0 atom stereocenters. The molecule has 5 heteroatoms. The Morgan fingerprint density at radius 2 is 1.58 bits per heavy atom. The van der Waals surface area contributed by atoms with Crippen molar-refractivity contribution in [2.24, 2.45) is 0 Å². The van der Waals surface area contributed by atoms with E-state index in [9.17, 15) is 14.4 Å². The van der Waals surface area contributed by atoms with Gasteiger partial charge in [0.1, 0.15) is 0 Å². The van der Waals surface area contributed by atoms with Gasteiger partial charge in [0, 0.05) is 6.42 Å². The summed E-state index contributed by atoms with van der Waals surface area (Å²) in [6, 6.07) is 6.08. The van der Waals surface area contributed by atoms with E-state index in [1.54, 1.807) is 26.0 Å². The Balaban J connectivity index is 2.90. The van der Waals surface area contributed by atoms with E-state index in [1.165, 1.54) is 12.1 Å². The Labute approximate surface area is 111 Å². The molecule has 1 rings (SSSR count). The van der Waals surface area contributed by atoms with Crippen LogP contribution in [0.1, 0.15) is 47.4 Å². The highest BCUT2D eigenvalue weighted by Gasteiger charge is 2.20. The summed E-state index contributed by atoms with van der Waals surface area (Å²) in [7, 11) is 0. The minimum absolute atomic E-state index is 0.0328. The Kier molecular flexibility index (Phi) is 5.73. The van der Waals surface area contributed by atoms with Crippen molar-refractivity contribution < 1.29 is 23.9 Å². The third kappa shape index (κ3) is 4.21. The second-order valence-electron chi connectivity index (χ2n) is 3.78. The first-order chi connectivity index (χ1) is 9.10. The lowest BCUT2D eigenvalue weighted by molar-refractivity contribution is -0.138. The van der Waals surface area contributed by atoms with Gasteiger partial charge in [0.25, 0.3) is 0 Å². The van der Waals surface area contributed by atoms with Gasteiger partial charge < -0.3 is 9.47 Å². The van der Waals surface area contributed by atoms with E-state index in [2.05, 4.69) is 4.74 Å². The molecule has 0 unspecified atom stereocenters. The molecule has 0 fully saturated rings. The summed E-state index contributed by atoms with van der Waals surface area (Å²) >= 11 is 0. The van der Waals surface area contributed by atoms with Crippen molar-refractivity contribution in [3.8, 4) is 0 Å². The lowest BCUT2D eigenvalue weighted by atomic mass is 10.1. The molecule has 1 aromatic rings. The van der Waals surface area contributed by atoms with Crippen LogP contribution in [0.15, 0.2) is 24.3 Å². The van der Waals surface area contributed by atoms with E-state index in [-0.39, 0.29) is 24.2 Å². The number of ether oxygens (including phenoxy) is 2. The van der Waals surface area contributed by atoms with Gasteiger partial charge >= 0.3 is 17.9 Å². The van der Waals surface area contributed by atoms with Gasteiger partial charge in [-0.25, -0.2) is 9.59 Å². The fourth-order valence-electron chi connectivity index (χ4n) is 1.46. The highest BCUT2D eigenvalue weighted by atomic mass is 16.6. The second kappa shape index (κ2) is 7.31. The average molecular weight is 264 g/mol. The molecule has 0 saturated carbocycles. The van der Waals surface area contributed by atoms with Gasteiger partial charge in [0.05, 0.1) is 17.7 Å². The number of hydrogen-bond donors (Lipinski definition) is 0. The summed E-state index contributed by atoms with van der Waals surface area (Å²) in [6.45, 7) is 3.68. The first kappa shape index (κ1) is 14.9. The number of benzene rings is 1. The number of hydrogen-bond acceptors (Lipinski definition) is 5. The van der Waals surface area contributed by atoms with E-state index in [4.69, 9.17) is 4.74 Å². The van der Waals surface area contributed by atoms with E-state index >= 15 is 0 Å². The molecular weight excluding hydrogens is 248 g/mol. The summed E-state index contributed by atoms with van der Waals surface area (Å²) in [6.07, 6.45) is 0.749. The maximum atomic E-state index is 11.8. The van der Waals surface area contributed by atoms with Crippen molar-refractivity contribution in [1.82, 2.24) is 0 Å². The van der Waals surface area contributed by atoms with Gasteiger partial charge in [-0.15, -0.1) is 0 Å². The molecule has 0 spiro atoms. The van der Waals surface area contributed by atoms with Gasteiger partial charge in [-0.1, -0.05) is 19.1 Å². The van der Waals surface area contributed by atoms with Crippen LogP contribution in [0, 0.1) is 0 Å². The van der Waals surface area contributed by atoms with Gasteiger partial charge in [0.15, 0.2) is 0 Å². The van der Waals surface area contributed by atoms with Crippen LogP contribution >= 0.6 is 0 Å². The van der Waals surface area contributed by atoms with Crippen LogP contribution in [-0.2, 0) is 14.3 Å². The molecule has 0 bridgehead atoms. The molecule has 0 radical (unpaired) electrons. The van der Waals surface area contributed by atoms with Crippen molar-refractivity contribution in [2.45, 2.75) is 26.7 Å². The summed E-state index contributed by atoms with van der Waals surface area (Å²) in [5.41, 5.74) is 0.129. The third-order valence-corrected chi connectivity index (χ3v) is 2.30. The van der Waals surface area contributed by atoms with Crippen LogP contribution in [0.25, 0.3) is 0 Å². The van der Waals surface area contributed by atoms with Crippen molar-refractivity contribution in [1.29, 1.82) is 0 Å². The molecule has 0 aliphatic carbocycles. The summed E-state index contributed by atoms with van der Waals surface area (Å²) < 4.78 is 9.50. The number of carbonyl (C=O) groups is 3.